The van der Waals surface area contributed by atoms with Gasteiger partial charge in [0.05, 0.1) is 18.5 Å². The quantitative estimate of drug-likeness (QED) is 0.787. The molecule has 0 unspecified atom stereocenters. The maximum Gasteiger partial charge on any atom is 0.248 e. The number of carbonyl (C=O) groups is 2. The van der Waals surface area contributed by atoms with Gasteiger partial charge in [-0.2, -0.15) is 0 Å². The Morgan fingerprint density at radius 1 is 1.08 bits per heavy atom. The van der Waals surface area contributed by atoms with Crippen LogP contribution in [0.15, 0.2) is 47.4 Å². The minimum Gasteiger partial charge on any atom is -0.490 e. The van der Waals surface area contributed by atoms with Crippen molar-refractivity contribution >= 4 is 29.3 Å². The number of benzene rings is 2. The van der Waals surface area contributed by atoms with Crippen molar-refractivity contribution in [2.24, 2.45) is 5.73 Å². The minimum atomic E-state index is -0.499. The Labute approximate surface area is 156 Å². The number of thioether (sulfide) groups is 1. The number of primary amides is 1. The number of nitrogens with one attached hydrogen (secondary N) is 1. The van der Waals surface area contributed by atoms with E-state index in [4.69, 9.17) is 15.2 Å². The van der Waals surface area contributed by atoms with Gasteiger partial charge in [0.1, 0.15) is 0 Å². The molecular formula is C19H20N2O4S. The number of carbonyl (C=O) groups excluding carboxylic acids is 2. The molecule has 1 aliphatic rings. The monoisotopic (exact) mass is 372 g/mol. The number of hydrogen-bond donors (Lipinski definition) is 2. The second kappa shape index (κ2) is 8.14. The Balaban J connectivity index is 1.62. The molecule has 136 valence electrons. The molecule has 0 aromatic heterocycles. The Morgan fingerprint density at radius 3 is 2.46 bits per heavy atom. The number of anilines is 1. The normalized spacial score (nSPS) is 14.2. The Hall–Kier alpha value is -2.67. The lowest BCUT2D eigenvalue weighted by Gasteiger charge is -2.14. The van der Waals surface area contributed by atoms with Gasteiger partial charge in [-0.25, -0.2) is 0 Å². The van der Waals surface area contributed by atoms with Crippen molar-refractivity contribution in [3.8, 4) is 11.5 Å². The van der Waals surface area contributed by atoms with Crippen LogP contribution in [0.2, 0.25) is 0 Å². The predicted octanol–water partition coefficient (Wildman–Crippen LogP) is 3.07. The zero-order chi connectivity index (χ0) is 18.5. The maximum absolute atomic E-state index is 12.4. The third-order valence-corrected chi connectivity index (χ3v) is 4.93. The number of fused-ring (bicyclic) bond motifs is 1. The highest BCUT2D eigenvalue weighted by atomic mass is 32.2. The molecule has 3 N–H and O–H groups in total. The van der Waals surface area contributed by atoms with Gasteiger partial charge in [0, 0.05) is 22.6 Å². The summed E-state index contributed by atoms with van der Waals surface area (Å²) in [6.07, 6.45) is 0.852. The molecule has 0 aliphatic carbocycles. The van der Waals surface area contributed by atoms with Crippen LogP contribution in [0.3, 0.4) is 0 Å². The predicted molar refractivity (Wildman–Crippen MR) is 101 cm³/mol. The fourth-order valence-electron chi connectivity index (χ4n) is 2.44. The topological polar surface area (TPSA) is 90.7 Å². The highest BCUT2D eigenvalue weighted by molar-refractivity contribution is 8.00. The molecule has 0 bridgehead atoms. The zero-order valence-electron chi connectivity index (χ0n) is 14.4. The molecule has 0 spiro atoms. The van der Waals surface area contributed by atoms with E-state index in [2.05, 4.69) is 5.32 Å². The summed E-state index contributed by atoms with van der Waals surface area (Å²) in [6.45, 7) is 3.10. The molecule has 0 saturated heterocycles. The van der Waals surface area contributed by atoms with Gasteiger partial charge < -0.3 is 20.5 Å². The summed E-state index contributed by atoms with van der Waals surface area (Å²) in [7, 11) is 0. The third kappa shape index (κ3) is 4.49. The SMILES string of the molecule is C[C@@H](Sc1ccc2c(c1)OCCCO2)C(=O)Nc1ccc(C(N)=O)cc1. The molecular weight excluding hydrogens is 352 g/mol. The van der Waals surface area contributed by atoms with E-state index in [1.165, 1.54) is 11.8 Å². The van der Waals surface area contributed by atoms with Crippen LogP contribution in [0.1, 0.15) is 23.7 Å². The second-order valence-corrected chi connectivity index (χ2v) is 7.26. The van der Waals surface area contributed by atoms with Gasteiger partial charge in [0.15, 0.2) is 11.5 Å². The average molecular weight is 372 g/mol. The van der Waals surface area contributed by atoms with Crippen LogP contribution in [-0.4, -0.2) is 30.3 Å². The summed E-state index contributed by atoms with van der Waals surface area (Å²) in [5.41, 5.74) is 6.23. The van der Waals surface area contributed by atoms with Crippen LogP contribution in [0, 0.1) is 0 Å². The Morgan fingerprint density at radius 2 is 1.77 bits per heavy atom. The first-order valence-electron chi connectivity index (χ1n) is 8.30. The van der Waals surface area contributed by atoms with E-state index in [-0.39, 0.29) is 11.2 Å². The fraction of sp³-hybridized carbons (Fsp3) is 0.263. The molecule has 3 rings (SSSR count). The maximum atomic E-state index is 12.4. The summed E-state index contributed by atoms with van der Waals surface area (Å²) >= 11 is 1.44. The molecule has 6 nitrogen and oxygen atoms in total. The van der Waals surface area contributed by atoms with Crippen LogP contribution in [0.4, 0.5) is 5.69 Å². The molecule has 26 heavy (non-hydrogen) atoms. The fourth-order valence-corrected chi connectivity index (χ4v) is 3.33. The first-order chi connectivity index (χ1) is 12.5. The van der Waals surface area contributed by atoms with E-state index in [1.807, 2.05) is 25.1 Å². The second-order valence-electron chi connectivity index (χ2n) is 5.85. The Kier molecular flexibility index (Phi) is 5.68. The average Bonchev–Trinajstić information content (AvgIpc) is 2.87. The lowest BCUT2D eigenvalue weighted by molar-refractivity contribution is -0.115. The number of nitrogens with two attached hydrogens (primary N) is 1. The molecule has 1 heterocycles. The Bertz CT molecular complexity index is 808. The van der Waals surface area contributed by atoms with Crippen LogP contribution in [-0.2, 0) is 4.79 Å². The molecule has 2 amide bonds. The first kappa shape index (κ1) is 18.1. The van der Waals surface area contributed by atoms with Gasteiger partial charge in [-0.3, -0.25) is 9.59 Å². The van der Waals surface area contributed by atoms with Crippen LogP contribution in [0.25, 0.3) is 0 Å². The van der Waals surface area contributed by atoms with Crippen LogP contribution < -0.4 is 20.5 Å². The minimum absolute atomic E-state index is 0.131. The van der Waals surface area contributed by atoms with Gasteiger partial charge in [0.25, 0.3) is 0 Å². The van der Waals surface area contributed by atoms with E-state index in [1.54, 1.807) is 24.3 Å². The van der Waals surface area contributed by atoms with E-state index in [0.29, 0.717) is 30.2 Å². The largest absolute Gasteiger partial charge is 0.490 e. The van der Waals surface area contributed by atoms with Crippen LogP contribution in [0.5, 0.6) is 11.5 Å². The van der Waals surface area contributed by atoms with Gasteiger partial charge in [0.2, 0.25) is 11.8 Å². The number of ether oxygens (including phenoxy) is 2. The highest BCUT2D eigenvalue weighted by Crippen LogP contribution is 2.35. The molecule has 0 fully saturated rings. The van der Waals surface area contributed by atoms with Crippen molar-refractivity contribution in [2.75, 3.05) is 18.5 Å². The van der Waals surface area contributed by atoms with Gasteiger partial charge >= 0.3 is 0 Å². The summed E-state index contributed by atoms with van der Waals surface area (Å²) < 4.78 is 11.3. The van der Waals surface area contributed by atoms with E-state index in [0.717, 1.165) is 17.1 Å². The lowest BCUT2D eigenvalue weighted by atomic mass is 10.2. The molecule has 1 atom stereocenters. The van der Waals surface area contributed by atoms with E-state index >= 15 is 0 Å². The van der Waals surface area contributed by atoms with Crippen molar-refractivity contribution in [1.82, 2.24) is 0 Å². The van der Waals surface area contributed by atoms with Crippen molar-refractivity contribution in [3.05, 3.63) is 48.0 Å². The summed E-state index contributed by atoms with van der Waals surface area (Å²) in [5.74, 6) is 0.816. The van der Waals surface area contributed by atoms with Crippen molar-refractivity contribution in [2.45, 2.75) is 23.5 Å². The van der Waals surface area contributed by atoms with Crippen molar-refractivity contribution < 1.29 is 19.1 Å². The zero-order valence-corrected chi connectivity index (χ0v) is 15.2. The van der Waals surface area contributed by atoms with Crippen molar-refractivity contribution in [3.63, 3.8) is 0 Å². The summed E-state index contributed by atoms with van der Waals surface area (Å²) in [5, 5.41) is 2.52. The molecule has 2 aromatic carbocycles. The van der Waals surface area contributed by atoms with E-state index in [9.17, 15) is 9.59 Å². The van der Waals surface area contributed by atoms with Gasteiger partial charge in [-0.05, 0) is 49.4 Å². The van der Waals surface area contributed by atoms with Crippen LogP contribution >= 0.6 is 11.8 Å². The molecule has 1 aliphatic heterocycles. The molecule has 2 aromatic rings. The van der Waals surface area contributed by atoms with Gasteiger partial charge in [-0.15, -0.1) is 11.8 Å². The molecule has 0 radical (unpaired) electrons. The lowest BCUT2D eigenvalue weighted by Crippen LogP contribution is -2.22. The standard InChI is InChI=1S/C19H20N2O4S/c1-12(19(23)21-14-5-3-13(4-6-14)18(20)22)26-15-7-8-16-17(11-15)25-10-2-9-24-16/h3-8,11-12H,2,9-10H2,1H3,(H2,20,22)(H,21,23)/t12-/m1/s1. The third-order valence-electron chi connectivity index (χ3n) is 3.84. The summed E-state index contributed by atoms with van der Waals surface area (Å²) in [6, 6.07) is 12.2. The highest BCUT2D eigenvalue weighted by Gasteiger charge is 2.17. The van der Waals surface area contributed by atoms with Crippen molar-refractivity contribution in [1.29, 1.82) is 0 Å². The summed E-state index contributed by atoms with van der Waals surface area (Å²) in [4.78, 5) is 24.4. The number of hydrogen-bond acceptors (Lipinski definition) is 5. The smallest absolute Gasteiger partial charge is 0.248 e. The molecule has 0 saturated carbocycles. The first-order valence-corrected chi connectivity index (χ1v) is 9.18. The number of rotatable bonds is 5. The number of amides is 2. The van der Waals surface area contributed by atoms with Gasteiger partial charge in [-0.1, -0.05) is 0 Å². The van der Waals surface area contributed by atoms with E-state index < -0.39 is 5.91 Å². The molecule has 7 heteroatoms.